The second kappa shape index (κ2) is 4.04. The monoisotopic (exact) mass is 248 g/mol. The number of halogens is 3. The number of Topliss-reactive ketones (excluding diaryl/α,β-unsaturated/α-hetero) is 1. The van der Waals surface area contributed by atoms with Crippen LogP contribution in [0.2, 0.25) is 0 Å². The number of carbonyl (C=O) groups is 1. The Kier molecular flexibility index (Phi) is 3.08. The highest BCUT2D eigenvalue weighted by Crippen LogP contribution is 2.38. The van der Waals surface area contributed by atoms with E-state index in [0.717, 1.165) is 6.92 Å². The molecule has 0 aliphatic rings. The summed E-state index contributed by atoms with van der Waals surface area (Å²) < 4.78 is 37.6. The van der Waals surface area contributed by atoms with Crippen molar-refractivity contribution in [2.24, 2.45) is 0 Å². The number of ketones is 1. The summed E-state index contributed by atoms with van der Waals surface area (Å²) in [6.07, 6.45) is -4.79. The van der Waals surface area contributed by atoms with Gasteiger partial charge in [0.05, 0.1) is 16.1 Å². The molecule has 0 bridgehead atoms. The SMILES string of the molecule is CC(=O)c1c(C(F)(F)F)ccc([N+](=O)[O-])c1N. The number of hydrogen-bond acceptors (Lipinski definition) is 4. The molecule has 8 heteroatoms. The number of carbonyl (C=O) groups excluding carboxylic acids is 1. The van der Waals surface area contributed by atoms with Gasteiger partial charge in [0.25, 0.3) is 5.69 Å². The summed E-state index contributed by atoms with van der Waals surface area (Å²) in [7, 11) is 0. The van der Waals surface area contributed by atoms with E-state index >= 15 is 0 Å². The molecule has 0 spiro atoms. The van der Waals surface area contributed by atoms with Gasteiger partial charge in [-0.25, -0.2) is 0 Å². The first kappa shape index (κ1) is 12.9. The molecule has 0 amide bonds. The normalized spacial score (nSPS) is 11.3. The number of hydrogen-bond donors (Lipinski definition) is 1. The van der Waals surface area contributed by atoms with Crippen molar-refractivity contribution < 1.29 is 22.9 Å². The number of nitrogens with two attached hydrogens (primary N) is 1. The molecule has 1 rings (SSSR count). The topological polar surface area (TPSA) is 86.2 Å². The average molecular weight is 248 g/mol. The van der Waals surface area contributed by atoms with Crippen LogP contribution in [0.15, 0.2) is 12.1 Å². The molecule has 0 aliphatic carbocycles. The minimum Gasteiger partial charge on any atom is -0.393 e. The van der Waals surface area contributed by atoms with Gasteiger partial charge in [-0.1, -0.05) is 0 Å². The maximum Gasteiger partial charge on any atom is 0.417 e. The number of nitro benzene ring substituents is 1. The highest BCUT2D eigenvalue weighted by Gasteiger charge is 2.37. The van der Waals surface area contributed by atoms with Crippen LogP contribution in [0.5, 0.6) is 0 Å². The lowest BCUT2D eigenvalue weighted by atomic mass is 10.0. The Morgan fingerprint density at radius 3 is 2.29 bits per heavy atom. The van der Waals surface area contributed by atoms with Crippen molar-refractivity contribution in [1.82, 2.24) is 0 Å². The van der Waals surface area contributed by atoms with Crippen LogP contribution in [-0.2, 0) is 6.18 Å². The van der Waals surface area contributed by atoms with Crippen LogP contribution in [0.3, 0.4) is 0 Å². The molecule has 0 heterocycles. The Bertz CT molecular complexity index is 497. The van der Waals surface area contributed by atoms with Crippen LogP contribution in [0.4, 0.5) is 24.5 Å². The van der Waals surface area contributed by atoms with Crippen molar-refractivity contribution in [3.05, 3.63) is 33.4 Å². The van der Waals surface area contributed by atoms with Crippen LogP contribution in [0, 0.1) is 10.1 Å². The van der Waals surface area contributed by atoms with E-state index in [1.54, 1.807) is 0 Å². The summed E-state index contributed by atoms with van der Waals surface area (Å²) in [5.74, 6) is -0.974. The van der Waals surface area contributed by atoms with Gasteiger partial charge in [0.1, 0.15) is 5.69 Å². The third kappa shape index (κ3) is 2.35. The Labute approximate surface area is 93.2 Å². The number of nitro groups is 1. The van der Waals surface area contributed by atoms with Crippen molar-refractivity contribution in [2.75, 3.05) is 5.73 Å². The van der Waals surface area contributed by atoms with Gasteiger partial charge < -0.3 is 5.73 Å². The molecule has 0 saturated carbocycles. The molecule has 17 heavy (non-hydrogen) atoms. The van der Waals surface area contributed by atoms with E-state index in [1.165, 1.54) is 0 Å². The van der Waals surface area contributed by atoms with E-state index in [2.05, 4.69) is 0 Å². The average Bonchev–Trinajstić information content (AvgIpc) is 2.14. The number of anilines is 1. The van der Waals surface area contributed by atoms with Gasteiger partial charge in [-0.3, -0.25) is 14.9 Å². The number of benzene rings is 1. The Morgan fingerprint density at radius 2 is 1.94 bits per heavy atom. The first-order chi connectivity index (χ1) is 7.66. The van der Waals surface area contributed by atoms with Crippen molar-refractivity contribution in [1.29, 1.82) is 0 Å². The van der Waals surface area contributed by atoms with Gasteiger partial charge in [0, 0.05) is 6.07 Å². The largest absolute Gasteiger partial charge is 0.417 e. The highest BCUT2D eigenvalue weighted by atomic mass is 19.4. The maximum absolute atomic E-state index is 12.5. The molecule has 5 nitrogen and oxygen atoms in total. The highest BCUT2D eigenvalue weighted by molar-refractivity contribution is 6.02. The molecule has 92 valence electrons. The fraction of sp³-hybridized carbons (Fsp3) is 0.222. The summed E-state index contributed by atoms with van der Waals surface area (Å²) in [5.41, 5.74) is 1.60. The zero-order valence-corrected chi connectivity index (χ0v) is 8.54. The van der Waals surface area contributed by atoms with Gasteiger partial charge in [0.15, 0.2) is 5.78 Å². The van der Waals surface area contributed by atoms with Gasteiger partial charge in [0.2, 0.25) is 0 Å². The molecule has 0 unspecified atom stereocenters. The molecule has 0 atom stereocenters. The second-order valence-electron chi connectivity index (χ2n) is 3.23. The molecular weight excluding hydrogens is 241 g/mol. The van der Waals surface area contributed by atoms with Crippen LogP contribution < -0.4 is 5.73 Å². The van der Waals surface area contributed by atoms with Crippen LogP contribution in [0.25, 0.3) is 0 Å². The lowest BCUT2D eigenvalue weighted by Crippen LogP contribution is -2.15. The standard InChI is InChI=1S/C9H7F3N2O3/c1-4(15)7-5(9(10,11)12)2-3-6(8(7)13)14(16)17/h2-3H,13H2,1H3. The van der Waals surface area contributed by atoms with Gasteiger partial charge in [-0.15, -0.1) is 0 Å². The predicted molar refractivity (Wildman–Crippen MR) is 52.5 cm³/mol. The molecule has 1 aromatic rings. The number of rotatable bonds is 2. The van der Waals surface area contributed by atoms with E-state index in [0.29, 0.717) is 12.1 Å². The Balaban J connectivity index is 3.63. The van der Waals surface area contributed by atoms with Gasteiger partial charge in [-0.2, -0.15) is 13.2 Å². The van der Waals surface area contributed by atoms with E-state index in [4.69, 9.17) is 5.73 Å². The van der Waals surface area contributed by atoms with E-state index in [9.17, 15) is 28.1 Å². The van der Waals surface area contributed by atoms with E-state index in [-0.39, 0.29) is 0 Å². The molecule has 0 radical (unpaired) electrons. The molecule has 1 aromatic carbocycles. The summed E-state index contributed by atoms with van der Waals surface area (Å²) in [6.45, 7) is 0.866. The van der Waals surface area contributed by atoms with Crippen molar-refractivity contribution in [2.45, 2.75) is 13.1 Å². The van der Waals surface area contributed by atoms with E-state index in [1.807, 2.05) is 0 Å². The summed E-state index contributed by atoms with van der Waals surface area (Å²) >= 11 is 0. The molecule has 0 saturated heterocycles. The summed E-state index contributed by atoms with van der Waals surface area (Å²) in [4.78, 5) is 20.7. The molecule has 0 aromatic heterocycles. The summed E-state index contributed by atoms with van der Waals surface area (Å²) in [5, 5.41) is 10.5. The number of nitrogens with zero attached hydrogens (tertiary/aromatic N) is 1. The van der Waals surface area contributed by atoms with Crippen LogP contribution in [0.1, 0.15) is 22.8 Å². The first-order valence-electron chi connectivity index (χ1n) is 4.31. The Morgan fingerprint density at radius 1 is 1.41 bits per heavy atom. The van der Waals surface area contributed by atoms with Crippen molar-refractivity contribution >= 4 is 17.2 Å². The van der Waals surface area contributed by atoms with Crippen molar-refractivity contribution in [3.63, 3.8) is 0 Å². The molecular formula is C9H7F3N2O3. The lowest BCUT2D eigenvalue weighted by molar-refractivity contribution is -0.384. The van der Waals surface area contributed by atoms with Gasteiger partial charge in [-0.05, 0) is 13.0 Å². The smallest absolute Gasteiger partial charge is 0.393 e. The second-order valence-corrected chi connectivity index (χ2v) is 3.23. The van der Waals surface area contributed by atoms with E-state index < -0.39 is 39.4 Å². The third-order valence-corrected chi connectivity index (χ3v) is 2.08. The maximum atomic E-state index is 12.5. The van der Waals surface area contributed by atoms with Crippen LogP contribution in [-0.4, -0.2) is 10.7 Å². The molecule has 0 aliphatic heterocycles. The minimum absolute atomic E-state index is 0.477. The zero-order valence-electron chi connectivity index (χ0n) is 8.54. The van der Waals surface area contributed by atoms with Crippen molar-refractivity contribution in [3.8, 4) is 0 Å². The quantitative estimate of drug-likeness (QED) is 0.377. The molecule has 0 fully saturated rings. The first-order valence-corrected chi connectivity index (χ1v) is 4.31. The number of alkyl halides is 3. The third-order valence-electron chi connectivity index (χ3n) is 2.08. The Hall–Kier alpha value is -2.12. The minimum atomic E-state index is -4.79. The zero-order chi connectivity index (χ0) is 13.4. The lowest BCUT2D eigenvalue weighted by Gasteiger charge is -2.12. The van der Waals surface area contributed by atoms with Gasteiger partial charge >= 0.3 is 6.18 Å². The number of nitrogen functional groups attached to an aromatic ring is 1. The van der Waals surface area contributed by atoms with Crippen LogP contribution >= 0.6 is 0 Å². The molecule has 2 N–H and O–H groups in total. The predicted octanol–water partition coefficient (Wildman–Crippen LogP) is 2.40. The fourth-order valence-corrected chi connectivity index (χ4v) is 1.38. The summed E-state index contributed by atoms with van der Waals surface area (Å²) in [6, 6.07) is 1.11. The fourth-order valence-electron chi connectivity index (χ4n) is 1.38.